The molecule has 0 bridgehead atoms. The Hall–Kier alpha value is -3.24. The van der Waals surface area contributed by atoms with E-state index in [1.54, 1.807) is 35.2 Å². The predicted molar refractivity (Wildman–Crippen MR) is 119 cm³/mol. The summed E-state index contributed by atoms with van der Waals surface area (Å²) in [5.74, 6) is -1.53. The number of benzene rings is 4. The maximum atomic E-state index is 14.9. The highest BCUT2D eigenvalue weighted by Crippen LogP contribution is 2.46. The van der Waals surface area contributed by atoms with E-state index in [-0.39, 0.29) is 24.7 Å². The minimum absolute atomic E-state index is 0.0517. The van der Waals surface area contributed by atoms with Crippen LogP contribution in [0.2, 0.25) is 5.02 Å². The number of hydrogen-bond acceptors (Lipinski definition) is 1. The first-order valence-electron chi connectivity index (χ1n) is 10.0. The molecule has 1 atom stereocenters. The van der Waals surface area contributed by atoms with Crippen molar-refractivity contribution in [3.05, 3.63) is 112 Å². The van der Waals surface area contributed by atoms with Crippen LogP contribution in [0.4, 0.5) is 14.5 Å². The molecular weight excluding hydrogens is 416 g/mol. The summed E-state index contributed by atoms with van der Waals surface area (Å²) in [6.45, 7) is 0.106. The number of fused-ring (bicyclic) bond motifs is 3. The highest BCUT2D eigenvalue weighted by Gasteiger charge is 2.36. The minimum Gasteiger partial charge on any atom is -0.308 e. The Morgan fingerprint density at radius 2 is 1.58 bits per heavy atom. The topological polar surface area (TPSA) is 20.3 Å². The molecule has 1 aliphatic heterocycles. The number of amides is 1. The third kappa shape index (κ3) is 3.37. The molecule has 0 aliphatic carbocycles. The van der Waals surface area contributed by atoms with Crippen LogP contribution in [0.5, 0.6) is 0 Å². The lowest BCUT2D eigenvalue weighted by Gasteiger charge is -2.36. The number of carbonyl (C=O) groups is 1. The molecule has 0 fully saturated rings. The van der Waals surface area contributed by atoms with Crippen molar-refractivity contribution in [2.75, 3.05) is 4.90 Å². The summed E-state index contributed by atoms with van der Waals surface area (Å²) in [7, 11) is 0. The van der Waals surface area contributed by atoms with E-state index in [2.05, 4.69) is 0 Å². The predicted octanol–water partition coefficient (Wildman–Crippen LogP) is 6.84. The Labute approximate surface area is 183 Å². The zero-order valence-corrected chi connectivity index (χ0v) is 17.2. The fourth-order valence-corrected chi connectivity index (χ4v) is 4.76. The van der Waals surface area contributed by atoms with Gasteiger partial charge in [0, 0.05) is 34.2 Å². The lowest BCUT2D eigenvalue weighted by atomic mass is 9.81. The molecule has 154 valence electrons. The molecular formula is C26H18ClF2NO. The molecule has 1 aliphatic rings. The van der Waals surface area contributed by atoms with Gasteiger partial charge in [-0.25, -0.2) is 8.78 Å². The number of hydrogen-bond donors (Lipinski definition) is 0. The van der Waals surface area contributed by atoms with Crippen molar-refractivity contribution < 1.29 is 13.6 Å². The average molecular weight is 434 g/mol. The molecule has 1 unspecified atom stereocenters. The van der Waals surface area contributed by atoms with E-state index in [0.29, 0.717) is 21.8 Å². The molecule has 1 amide bonds. The lowest BCUT2D eigenvalue weighted by Crippen LogP contribution is -2.37. The molecule has 5 rings (SSSR count). The zero-order valence-electron chi connectivity index (χ0n) is 16.5. The van der Waals surface area contributed by atoms with Crippen LogP contribution in [0.1, 0.15) is 29.0 Å². The summed E-state index contributed by atoms with van der Waals surface area (Å²) in [6, 6.07) is 22.6. The van der Waals surface area contributed by atoms with Crippen LogP contribution in [0.25, 0.3) is 10.8 Å². The Kier molecular flexibility index (Phi) is 4.95. The van der Waals surface area contributed by atoms with Crippen molar-refractivity contribution in [3.63, 3.8) is 0 Å². The third-order valence-electron chi connectivity index (χ3n) is 5.90. The molecule has 0 aromatic heterocycles. The second-order valence-electron chi connectivity index (χ2n) is 7.68. The van der Waals surface area contributed by atoms with Crippen LogP contribution < -0.4 is 4.90 Å². The summed E-state index contributed by atoms with van der Waals surface area (Å²) in [5, 5.41) is 2.20. The van der Waals surface area contributed by atoms with Crippen molar-refractivity contribution in [1.82, 2.24) is 0 Å². The van der Waals surface area contributed by atoms with E-state index in [9.17, 15) is 13.6 Å². The molecule has 0 saturated heterocycles. The molecule has 0 saturated carbocycles. The van der Waals surface area contributed by atoms with Gasteiger partial charge in [-0.05, 0) is 40.6 Å². The number of halogens is 3. The van der Waals surface area contributed by atoms with E-state index in [1.165, 1.54) is 12.1 Å². The first-order chi connectivity index (χ1) is 15.0. The molecule has 2 nitrogen and oxygen atoms in total. The van der Waals surface area contributed by atoms with Crippen molar-refractivity contribution in [2.45, 2.75) is 18.9 Å². The Balaban J connectivity index is 1.73. The Bertz CT molecular complexity index is 1300. The quantitative estimate of drug-likeness (QED) is 0.346. The van der Waals surface area contributed by atoms with E-state index in [0.717, 1.165) is 16.3 Å². The van der Waals surface area contributed by atoms with Gasteiger partial charge in [0.05, 0.1) is 6.54 Å². The van der Waals surface area contributed by atoms with Gasteiger partial charge >= 0.3 is 0 Å². The van der Waals surface area contributed by atoms with E-state index in [4.69, 9.17) is 11.6 Å². The van der Waals surface area contributed by atoms with E-state index < -0.39 is 11.7 Å². The highest BCUT2D eigenvalue weighted by atomic mass is 35.5. The average Bonchev–Trinajstić information content (AvgIpc) is 2.76. The fraction of sp³-hybridized carbons (Fsp3) is 0.115. The van der Waals surface area contributed by atoms with Crippen molar-refractivity contribution >= 4 is 34.0 Å². The lowest BCUT2D eigenvalue weighted by molar-refractivity contribution is -0.119. The SMILES string of the molecule is O=C1CC(c2c(F)cccc2Cl)c2c(ccc3ccccc23)N1Cc1ccccc1F. The normalized spacial score (nSPS) is 15.9. The number of rotatable bonds is 3. The van der Waals surface area contributed by atoms with Gasteiger partial charge in [0.25, 0.3) is 0 Å². The van der Waals surface area contributed by atoms with Crippen LogP contribution in [0, 0.1) is 11.6 Å². The first-order valence-corrected chi connectivity index (χ1v) is 10.4. The van der Waals surface area contributed by atoms with Crippen molar-refractivity contribution in [1.29, 1.82) is 0 Å². The van der Waals surface area contributed by atoms with Crippen LogP contribution >= 0.6 is 11.6 Å². The molecule has 5 heteroatoms. The summed E-state index contributed by atoms with van der Waals surface area (Å²) >= 11 is 6.40. The summed E-state index contributed by atoms with van der Waals surface area (Å²) in [4.78, 5) is 14.8. The van der Waals surface area contributed by atoms with Crippen molar-refractivity contribution in [2.24, 2.45) is 0 Å². The Morgan fingerprint density at radius 1 is 0.839 bits per heavy atom. The van der Waals surface area contributed by atoms with Gasteiger partial charge in [-0.1, -0.05) is 66.2 Å². The van der Waals surface area contributed by atoms with Crippen LogP contribution in [-0.4, -0.2) is 5.91 Å². The second-order valence-corrected chi connectivity index (χ2v) is 8.09. The number of nitrogens with zero attached hydrogens (tertiary/aromatic N) is 1. The monoisotopic (exact) mass is 433 g/mol. The molecule has 1 heterocycles. The molecule has 0 radical (unpaired) electrons. The van der Waals surface area contributed by atoms with Gasteiger partial charge < -0.3 is 4.90 Å². The standard InChI is InChI=1S/C26H18ClF2NO/c27-20-9-5-11-22(29)26(20)19-14-24(31)30(15-17-7-2-4-10-21(17)28)23-13-12-16-6-1-3-8-18(16)25(19)23/h1-13,19H,14-15H2. The summed E-state index contributed by atoms with van der Waals surface area (Å²) in [6.07, 6.45) is 0.0517. The summed E-state index contributed by atoms with van der Waals surface area (Å²) < 4.78 is 29.2. The molecule has 0 N–H and O–H groups in total. The second kappa shape index (κ2) is 7.78. The van der Waals surface area contributed by atoms with Crippen LogP contribution in [0.3, 0.4) is 0 Å². The Morgan fingerprint density at radius 3 is 2.39 bits per heavy atom. The molecule has 31 heavy (non-hydrogen) atoms. The van der Waals surface area contributed by atoms with Gasteiger partial charge in [-0.15, -0.1) is 0 Å². The zero-order chi connectivity index (χ0) is 21.5. The van der Waals surface area contributed by atoms with Gasteiger partial charge in [0.15, 0.2) is 0 Å². The van der Waals surface area contributed by atoms with E-state index in [1.807, 2.05) is 36.4 Å². The van der Waals surface area contributed by atoms with Crippen molar-refractivity contribution in [3.8, 4) is 0 Å². The number of carbonyl (C=O) groups excluding carboxylic acids is 1. The third-order valence-corrected chi connectivity index (χ3v) is 6.23. The van der Waals surface area contributed by atoms with Crippen LogP contribution in [0.15, 0.2) is 78.9 Å². The molecule has 4 aromatic carbocycles. The van der Waals surface area contributed by atoms with Gasteiger partial charge in [-0.2, -0.15) is 0 Å². The van der Waals surface area contributed by atoms with Gasteiger partial charge in [0.2, 0.25) is 5.91 Å². The highest BCUT2D eigenvalue weighted by molar-refractivity contribution is 6.31. The maximum Gasteiger partial charge on any atom is 0.228 e. The maximum absolute atomic E-state index is 14.9. The van der Waals surface area contributed by atoms with Gasteiger partial charge in [-0.3, -0.25) is 4.79 Å². The van der Waals surface area contributed by atoms with Crippen LogP contribution in [-0.2, 0) is 11.3 Å². The fourth-order valence-electron chi connectivity index (χ4n) is 4.47. The van der Waals surface area contributed by atoms with Gasteiger partial charge in [0.1, 0.15) is 11.6 Å². The first kappa shape index (κ1) is 19.7. The number of anilines is 1. The largest absolute Gasteiger partial charge is 0.308 e. The minimum atomic E-state index is -0.529. The molecule has 0 spiro atoms. The summed E-state index contributed by atoms with van der Waals surface area (Å²) in [5.41, 5.74) is 2.24. The van der Waals surface area contributed by atoms with E-state index >= 15 is 0 Å². The molecule has 4 aromatic rings. The smallest absolute Gasteiger partial charge is 0.228 e.